The normalized spacial score (nSPS) is 17.4. The van der Waals surface area contributed by atoms with Crippen LogP contribution < -0.4 is 5.32 Å². The predicted octanol–water partition coefficient (Wildman–Crippen LogP) is 4.15. The Bertz CT molecular complexity index is 737. The van der Waals surface area contributed by atoms with E-state index in [-0.39, 0.29) is 5.91 Å². The van der Waals surface area contributed by atoms with E-state index in [4.69, 9.17) is 11.6 Å². The fraction of sp³-hybridized carbons (Fsp3) is 0.421. The lowest BCUT2D eigenvalue weighted by Crippen LogP contribution is -2.43. The number of piperidine rings is 1. The molecule has 1 amide bonds. The standard InChI is InChI=1S/C19H23ClN4O/c1-2-15-8-5-6-12-24(15)18(25)17-10-11-21-19(23-17)22-13-14-7-3-4-9-16(14)20/h3-4,7,9-11,15H,2,5-6,8,12-13H2,1H3,(H,21,22,23). The van der Waals surface area contributed by atoms with E-state index in [9.17, 15) is 4.79 Å². The number of carbonyl (C=O) groups excluding carboxylic acids is 1. The molecule has 25 heavy (non-hydrogen) atoms. The first-order valence-corrected chi connectivity index (χ1v) is 9.18. The van der Waals surface area contributed by atoms with Crippen molar-refractivity contribution in [3.05, 3.63) is 52.8 Å². The minimum Gasteiger partial charge on any atom is -0.350 e. The van der Waals surface area contributed by atoms with Crippen LogP contribution >= 0.6 is 11.6 Å². The van der Waals surface area contributed by atoms with Gasteiger partial charge in [0.05, 0.1) is 0 Å². The van der Waals surface area contributed by atoms with Crippen molar-refractivity contribution in [2.75, 3.05) is 11.9 Å². The fourth-order valence-electron chi connectivity index (χ4n) is 3.22. The summed E-state index contributed by atoms with van der Waals surface area (Å²) in [4.78, 5) is 23.4. The number of carbonyl (C=O) groups is 1. The van der Waals surface area contributed by atoms with Crippen molar-refractivity contribution < 1.29 is 4.79 Å². The highest BCUT2D eigenvalue weighted by Crippen LogP contribution is 2.21. The van der Waals surface area contributed by atoms with Crippen LogP contribution in [0.5, 0.6) is 0 Å². The molecular weight excluding hydrogens is 336 g/mol. The van der Waals surface area contributed by atoms with Gasteiger partial charge in [-0.25, -0.2) is 9.97 Å². The molecule has 1 atom stereocenters. The molecule has 3 rings (SSSR count). The van der Waals surface area contributed by atoms with Gasteiger partial charge in [0.2, 0.25) is 5.95 Å². The summed E-state index contributed by atoms with van der Waals surface area (Å²) in [5.41, 5.74) is 1.41. The van der Waals surface area contributed by atoms with Gasteiger partial charge in [0.15, 0.2) is 0 Å². The van der Waals surface area contributed by atoms with E-state index in [1.807, 2.05) is 29.2 Å². The van der Waals surface area contributed by atoms with Crippen LogP contribution in [0.25, 0.3) is 0 Å². The molecule has 0 spiro atoms. The summed E-state index contributed by atoms with van der Waals surface area (Å²) < 4.78 is 0. The fourth-order valence-corrected chi connectivity index (χ4v) is 3.42. The second-order valence-electron chi connectivity index (χ2n) is 6.27. The Morgan fingerprint density at radius 1 is 1.32 bits per heavy atom. The van der Waals surface area contributed by atoms with Gasteiger partial charge in [0.25, 0.3) is 5.91 Å². The number of amides is 1. The van der Waals surface area contributed by atoms with Gasteiger partial charge in [0, 0.05) is 30.4 Å². The number of likely N-dealkylation sites (tertiary alicyclic amines) is 1. The predicted molar refractivity (Wildman–Crippen MR) is 99.8 cm³/mol. The molecular formula is C19H23ClN4O. The summed E-state index contributed by atoms with van der Waals surface area (Å²) in [6.45, 7) is 3.45. The Hall–Kier alpha value is -2.14. The maximum Gasteiger partial charge on any atom is 0.272 e. The van der Waals surface area contributed by atoms with Crippen LogP contribution in [0.15, 0.2) is 36.5 Å². The summed E-state index contributed by atoms with van der Waals surface area (Å²) in [6, 6.07) is 9.63. The SMILES string of the molecule is CCC1CCCCN1C(=O)c1ccnc(NCc2ccccc2Cl)n1. The second kappa shape index (κ2) is 8.30. The van der Waals surface area contributed by atoms with E-state index >= 15 is 0 Å². The molecule has 5 nitrogen and oxygen atoms in total. The summed E-state index contributed by atoms with van der Waals surface area (Å²) in [5.74, 6) is 0.436. The summed E-state index contributed by atoms with van der Waals surface area (Å²) >= 11 is 6.16. The molecule has 1 unspecified atom stereocenters. The summed E-state index contributed by atoms with van der Waals surface area (Å²) in [7, 11) is 0. The van der Waals surface area contributed by atoms with Crippen molar-refractivity contribution >= 4 is 23.5 Å². The van der Waals surface area contributed by atoms with E-state index in [0.29, 0.717) is 29.3 Å². The number of halogens is 1. The highest BCUT2D eigenvalue weighted by Gasteiger charge is 2.27. The van der Waals surface area contributed by atoms with Crippen molar-refractivity contribution in [1.29, 1.82) is 0 Å². The Morgan fingerprint density at radius 3 is 2.96 bits per heavy atom. The summed E-state index contributed by atoms with van der Waals surface area (Å²) in [5, 5.41) is 3.84. The zero-order valence-electron chi connectivity index (χ0n) is 14.4. The van der Waals surface area contributed by atoms with E-state index in [1.54, 1.807) is 12.3 Å². The van der Waals surface area contributed by atoms with E-state index in [2.05, 4.69) is 22.2 Å². The third-order valence-corrected chi connectivity index (χ3v) is 5.00. The van der Waals surface area contributed by atoms with Gasteiger partial charge >= 0.3 is 0 Å². The Balaban J connectivity index is 1.70. The maximum absolute atomic E-state index is 12.8. The van der Waals surface area contributed by atoms with Crippen LogP contribution in [0.1, 0.15) is 48.7 Å². The van der Waals surface area contributed by atoms with Gasteiger partial charge in [-0.05, 0) is 43.4 Å². The first kappa shape index (κ1) is 17.7. The van der Waals surface area contributed by atoms with Crippen molar-refractivity contribution in [2.24, 2.45) is 0 Å². The number of nitrogens with one attached hydrogen (secondary N) is 1. The Labute approximate surface area is 153 Å². The Morgan fingerprint density at radius 2 is 2.16 bits per heavy atom. The van der Waals surface area contributed by atoms with Gasteiger partial charge in [-0.2, -0.15) is 0 Å². The monoisotopic (exact) mass is 358 g/mol. The van der Waals surface area contributed by atoms with Gasteiger partial charge in [-0.15, -0.1) is 0 Å². The molecule has 0 bridgehead atoms. The number of rotatable bonds is 5. The lowest BCUT2D eigenvalue weighted by Gasteiger charge is -2.35. The number of hydrogen-bond donors (Lipinski definition) is 1. The third-order valence-electron chi connectivity index (χ3n) is 4.63. The van der Waals surface area contributed by atoms with Crippen molar-refractivity contribution in [3.63, 3.8) is 0 Å². The number of benzene rings is 1. The van der Waals surface area contributed by atoms with E-state index in [0.717, 1.165) is 31.4 Å². The van der Waals surface area contributed by atoms with E-state index in [1.165, 1.54) is 6.42 Å². The number of nitrogens with zero attached hydrogens (tertiary/aromatic N) is 3. The molecule has 1 saturated heterocycles. The van der Waals surface area contributed by atoms with Crippen LogP contribution in [0.2, 0.25) is 5.02 Å². The summed E-state index contributed by atoms with van der Waals surface area (Å²) in [6.07, 6.45) is 5.93. The molecule has 0 radical (unpaired) electrons. The molecule has 0 saturated carbocycles. The molecule has 1 aliphatic heterocycles. The first-order valence-electron chi connectivity index (χ1n) is 8.80. The van der Waals surface area contributed by atoms with E-state index < -0.39 is 0 Å². The molecule has 2 aromatic rings. The first-order chi connectivity index (χ1) is 12.2. The molecule has 1 fully saturated rings. The molecule has 1 N–H and O–H groups in total. The van der Waals surface area contributed by atoms with Crippen LogP contribution in [-0.2, 0) is 6.54 Å². The minimum atomic E-state index is -0.00487. The lowest BCUT2D eigenvalue weighted by molar-refractivity contribution is 0.0602. The topological polar surface area (TPSA) is 58.1 Å². The average Bonchev–Trinajstić information content (AvgIpc) is 2.67. The highest BCUT2D eigenvalue weighted by molar-refractivity contribution is 6.31. The van der Waals surface area contributed by atoms with Crippen LogP contribution in [0, 0.1) is 0 Å². The quantitative estimate of drug-likeness (QED) is 0.872. The number of hydrogen-bond acceptors (Lipinski definition) is 4. The molecule has 132 valence electrons. The smallest absolute Gasteiger partial charge is 0.272 e. The Kier molecular flexibility index (Phi) is 5.87. The van der Waals surface area contributed by atoms with Crippen molar-refractivity contribution in [3.8, 4) is 0 Å². The molecule has 0 aliphatic carbocycles. The maximum atomic E-state index is 12.8. The largest absolute Gasteiger partial charge is 0.350 e. The lowest BCUT2D eigenvalue weighted by atomic mass is 9.99. The van der Waals surface area contributed by atoms with Gasteiger partial charge in [0.1, 0.15) is 5.69 Å². The third kappa shape index (κ3) is 4.28. The number of aromatic nitrogens is 2. The molecule has 2 heterocycles. The molecule has 1 aromatic carbocycles. The van der Waals surface area contributed by atoms with Crippen LogP contribution in [0.4, 0.5) is 5.95 Å². The zero-order chi connectivity index (χ0) is 17.6. The molecule has 6 heteroatoms. The zero-order valence-corrected chi connectivity index (χ0v) is 15.2. The number of anilines is 1. The molecule has 1 aromatic heterocycles. The van der Waals surface area contributed by atoms with Crippen molar-refractivity contribution in [1.82, 2.24) is 14.9 Å². The van der Waals surface area contributed by atoms with Gasteiger partial charge < -0.3 is 10.2 Å². The van der Waals surface area contributed by atoms with Crippen LogP contribution in [-0.4, -0.2) is 33.4 Å². The molecule has 1 aliphatic rings. The van der Waals surface area contributed by atoms with Gasteiger partial charge in [-0.1, -0.05) is 36.7 Å². The second-order valence-corrected chi connectivity index (χ2v) is 6.67. The minimum absolute atomic E-state index is 0.00487. The van der Waals surface area contributed by atoms with Crippen molar-refractivity contribution in [2.45, 2.75) is 45.2 Å². The van der Waals surface area contributed by atoms with Gasteiger partial charge in [-0.3, -0.25) is 4.79 Å². The average molecular weight is 359 g/mol. The van der Waals surface area contributed by atoms with Crippen LogP contribution in [0.3, 0.4) is 0 Å². The highest BCUT2D eigenvalue weighted by atomic mass is 35.5.